The van der Waals surface area contributed by atoms with Crippen LogP contribution in [0.2, 0.25) is 0 Å². The standard InChI is InChI=1S/C18H21F4N3O/c1-11(26)23-13-3-4-15-14(9-13)24-16(17(2,19)20)25(15)10-12-5-7-18(21,22)8-6-12/h3-4,9,12H,5-8,10H2,1-2H3,(H,23,26). The summed E-state index contributed by atoms with van der Waals surface area (Å²) >= 11 is 0. The minimum atomic E-state index is -3.16. The molecule has 1 N–H and O–H groups in total. The predicted octanol–water partition coefficient (Wildman–Crippen LogP) is 4.93. The zero-order valence-electron chi connectivity index (χ0n) is 14.7. The van der Waals surface area contributed by atoms with E-state index in [-0.39, 0.29) is 37.0 Å². The Bertz CT molecular complexity index is 816. The van der Waals surface area contributed by atoms with Crippen molar-refractivity contribution in [2.75, 3.05) is 5.32 Å². The van der Waals surface area contributed by atoms with Crippen LogP contribution in [0.3, 0.4) is 0 Å². The van der Waals surface area contributed by atoms with E-state index < -0.39 is 11.8 Å². The van der Waals surface area contributed by atoms with Crippen LogP contribution < -0.4 is 5.32 Å². The van der Waals surface area contributed by atoms with Gasteiger partial charge in [-0.3, -0.25) is 4.79 Å². The van der Waals surface area contributed by atoms with Crippen LogP contribution in [0.4, 0.5) is 23.2 Å². The van der Waals surface area contributed by atoms with Gasteiger partial charge in [0.1, 0.15) is 0 Å². The van der Waals surface area contributed by atoms with E-state index in [1.165, 1.54) is 17.6 Å². The van der Waals surface area contributed by atoms with Crippen molar-refractivity contribution in [3.05, 3.63) is 24.0 Å². The molecule has 0 spiro atoms. The van der Waals surface area contributed by atoms with Gasteiger partial charge in [-0.2, -0.15) is 8.78 Å². The number of amides is 1. The number of hydrogen-bond acceptors (Lipinski definition) is 2. The van der Waals surface area contributed by atoms with Crippen LogP contribution in [0.25, 0.3) is 11.0 Å². The number of imidazole rings is 1. The third kappa shape index (κ3) is 3.99. The maximum Gasteiger partial charge on any atom is 0.302 e. The van der Waals surface area contributed by atoms with Crippen molar-refractivity contribution >= 4 is 22.6 Å². The lowest BCUT2D eigenvalue weighted by molar-refractivity contribution is -0.114. The zero-order chi connectivity index (χ0) is 19.1. The van der Waals surface area contributed by atoms with Crippen molar-refractivity contribution in [2.24, 2.45) is 5.92 Å². The van der Waals surface area contributed by atoms with Crippen LogP contribution >= 0.6 is 0 Å². The number of hydrogen-bond donors (Lipinski definition) is 1. The summed E-state index contributed by atoms with van der Waals surface area (Å²) in [6, 6.07) is 4.78. The summed E-state index contributed by atoms with van der Waals surface area (Å²) in [5.74, 6) is -6.56. The van der Waals surface area contributed by atoms with Crippen LogP contribution in [-0.4, -0.2) is 21.4 Å². The van der Waals surface area contributed by atoms with Crippen LogP contribution in [0.15, 0.2) is 18.2 Å². The van der Waals surface area contributed by atoms with E-state index in [9.17, 15) is 22.4 Å². The highest BCUT2D eigenvalue weighted by Gasteiger charge is 2.37. The molecule has 0 unspecified atom stereocenters. The van der Waals surface area contributed by atoms with Crippen molar-refractivity contribution in [1.29, 1.82) is 0 Å². The van der Waals surface area contributed by atoms with Crippen LogP contribution in [0.5, 0.6) is 0 Å². The molecule has 3 rings (SSSR count). The quantitative estimate of drug-likeness (QED) is 0.775. The maximum absolute atomic E-state index is 14.1. The van der Waals surface area contributed by atoms with E-state index >= 15 is 0 Å². The Morgan fingerprint density at radius 1 is 1.35 bits per heavy atom. The summed E-state index contributed by atoms with van der Waals surface area (Å²) in [7, 11) is 0. The van der Waals surface area contributed by atoms with Crippen molar-refractivity contribution in [3.8, 4) is 0 Å². The lowest BCUT2D eigenvalue weighted by atomic mass is 9.86. The van der Waals surface area contributed by atoms with Gasteiger partial charge >= 0.3 is 5.92 Å². The van der Waals surface area contributed by atoms with E-state index in [2.05, 4.69) is 10.3 Å². The van der Waals surface area contributed by atoms with Crippen LogP contribution in [0.1, 0.15) is 45.4 Å². The average molecular weight is 371 g/mol. The van der Waals surface area contributed by atoms with Gasteiger partial charge in [-0.05, 0) is 37.0 Å². The summed E-state index contributed by atoms with van der Waals surface area (Å²) in [6.45, 7) is 2.35. The van der Waals surface area contributed by atoms with E-state index in [0.29, 0.717) is 29.6 Å². The van der Waals surface area contributed by atoms with E-state index in [0.717, 1.165) is 6.92 Å². The van der Waals surface area contributed by atoms with Gasteiger partial charge in [-0.25, -0.2) is 13.8 Å². The largest absolute Gasteiger partial charge is 0.326 e. The number of halogens is 4. The Morgan fingerprint density at radius 3 is 2.58 bits per heavy atom. The van der Waals surface area contributed by atoms with Crippen LogP contribution in [0, 0.1) is 5.92 Å². The molecular formula is C18H21F4N3O. The van der Waals surface area contributed by atoms with Gasteiger partial charge in [0.25, 0.3) is 0 Å². The van der Waals surface area contributed by atoms with E-state index in [4.69, 9.17) is 0 Å². The molecule has 1 amide bonds. The number of benzene rings is 1. The molecule has 142 valence electrons. The van der Waals surface area contributed by atoms with E-state index in [1.54, 1.807) is 12.1 Å². The summed E-state index contributed by atoms with van der Waals surface area (Å²) in [5.41, 5.74) is 1.32. The SMILES string of the molecule is CC(=O)Nc1ccc2c(c1)nc(C(C)(F)F)n2CC1CCC(F)(F)CC1. The maximum atomic E-state index is 14.1. The highest BCUT2D eigenvalue weighted by Crippen LogP contribution is 2.38. The monoisotopic (exact) mass is 371 g/mol. The summed E-state index contributed by atoms with van der Waals surface area (Å²) in [5, 5.41) is 2.60. The molecule has 0 bridgehead atoms. The lowest BCUT2D eigenvalue weighted by Crippen LogP contribution is -2.28. The summed E-state index contributed by atoms with van der Waals surface area (Å²) < 4.78 is 56.3. The fourth-order valence-electron chi connectivity index (χ4n) is 3.47. The normalized spacial score (nSPS) is 18.2. The number of alkyl halides is 4. The molecule has 0 atom stereocenters. The second kappa shape index (κ2) is 6.55. The highest BCUT2D eigenvalue weighted by molar-refractivity contribution is 5.91. The highest BCUT2D eigenvalue weighted by atomic mass is 19.3. The number of nitrogens with zero attached hydrogens (tertiary/aromatic N) is 2. The summed E-state index contributed by atoms with van der Waals surface area (Å²) in [6.07, 6.45) is 0.167. The lowest BCUT2D eigenvalue weighted by Gasteiger charge is -2.29. The Balaban J connectivity index is 1.95. The minimum absolute atomic E-state index is 0.0943. The number of anilines is 1. The molecule has 26 heavy (non-hydrogen) atoms. The van der Waals surface area contributed by atoms with Gasteiger partial charge in [0.2, 0.25) is 11.8 Å². The molecule has 2 aromatic rings. The number of aromatic nitrogens is 2. The smallest absolute Gasteiger partial charge is 0.302 e. The molecule has 1 aromatic heterocycles. The Labute approximate surface area is 148 Å². The number of rotatable bonds is 4. The summed E-state index contributed by atoms with van der Waals surface area (Å²) in [4.78, 5) is 15.2. The second-order valence-corrected chi connectivity index (χ2v) is 7.12. The number of carbonyl (C=O) groups excluding carboxylic acids is 1. The molecule has 1 aliphatic rings. The van der Waals surface area contributed by atoms with Gasteiger partial charge in [0.05, 0.1) is 11.0 Å². The van der Waals surface area contributed by atoms with Gasteiger partial charge in [0, 0.05) is 38.9 Å². The van der Waals surface area contributed by atoms with Crippen molar-refractivity contribution in [2.45, 2.75) is 57.9 Å². The number of nitrogens with one attached hydrogen (secondary N) is 1. The van der Waals surface area contributed by atoms with Gasteiger partial charge in [-0.15, -0.1) is 0 Å². The Morgan fingerprint density at radius 2 is 2.00 bits per heavy atom. The third-order valence-corrected chi connectivity index (χ3v) is 4.74. The first kappa shape index (κ1) is 18.7. The first-order valence-electron chi connectivity index (χ1n) is 8.59. The minimum Gasteiger partial charge on any atom is -0.326 e. The molecule has 0 radical (unpaired) electrons. The van der Waals surface area contributed by atoms with Crippen molar-refractivity contribution < 1.29 is 22.4 Å². The molecule has 1 aliphatic carbocycles. The van der Waals surface area contributed by atoms with Crippen molar-refractivity contribution in [1.82, 2.24) is 9.55 Å². The fourth-order valence-corrected chi connectivity index (χ4v) is 3.47. The first-order valence-corrected chi connectivity index (χ1v) is 8.59. The molecule has 1 heterocycles. The number of fused-ring (bicyclic) bond motifs is 1. The Hall–Kier alpha value is -2.12. The third-order valence-electron chi connectivity index (χ3n) is 4.74. The topological polar surface area (TPSA) is 46.9 Å². The Kier molecular flexibility index (Phi) is 4.71. The fraction of sp³-hybridized carbons (Fsp3) is 0.556. The molecule has 1 fully saturated rings. The molecular weight excluding hydrogens is 350 g/mol. The molecule has 1 saturated carbocycles. The zero-order valence-corrected chi connectivity index (χ0v) is 14.7. The second-order valence-electron chi connectivity index (χ2n) is 7.12. The molecule has 1 aromatic carbocycles. The average Bonchev–Trinajstić information content (AvgIpc) is 2.87. The predicted molar refractivity (Wildman–Crippen MR) is 90.5 cm³/mol. The van der Waals surface area contributed by atoms with Gasteiger partial charge in [-0.1, -0.05) is 0 Å². The molecule has 4 nitrogen and oxygen atoms in total. The number of carbonyl (C=O) groups is 1. The van der Waals surface area contributed by atoms with Crippen LogP contribution in [-0.2, 0) is 17.3 Å². The molecule has 8 heteroatoms. The van der Waals surface area contributed by atoms with Gasteiger partial charge in [0.15, 0.2) is 5.82 Å². The van der Waals surface area contributed by atoms with E-state index in [1.807, 2.05) is 0 Å². The molecule has 0 aliphatic heterocycles. The first-order chi connectivity index (χ1) is 12.0. The van der Waals surface area contributed by atoms with Crippen molar-refractivity contribution in [3.63, 3.8) is 0 Å². The van der Waals surface area contributed by atoms with Gasteiger partial charge < -0.3 is 9.88 Å². The molecule has 0 saturated heterocycles.